The molecule has 1 rings (SSSR count). The van der Waals surface area contributed by atoms with Gasteiger partial charge < -0.3 is 10.3 Å². The molecule has 12 heavy (non-hydrogen) atoms. The molecule has 0 atom stereocenters. The fraction of sp³-hybridized carbons (Fsp3) is 0.333. The molecule has 0 saturated heterocycles. The first kappa shape index (κ1) is 9.05. The van der Waals surface area contributed by atoms with Gasteiger partial charge in [0.05, 0.1) is 6.54 Å². The third-order valence-corrected chi connectivity index (χ3v) is 1.45. The van der Waals surface area contributed by atoms with Crippen LogP contribution >= 0.6 is 12.2 Å². The summed E-state index contributed by atoms with van der Waals surface area (Å²) in [6.07, 6.45) is 0.379. The van der Waals surface area contributed by atoms with Crippen LogP contribution in [0.1, 0.15) is 5.82 Å². The quantitative estimate of drug-likeness (QED) is 0.718. The van der Waals surface area contributed by atoms with Gasteiger partial charge in [0.1, 0.15) is 4.99 Å². The number of nitrogens with two attached hydrogens (primary N) is 1. The third-order valence-electron chi connectivity index (χ3n) is 1.27. The van der Waals surface area contributed by atoms with Crippen LogP contribution in [-0.2, 0) is 6.54 Å². The third kappa shape index (κ3) is 1.97. The summed E-state index contributed by atoms with van der Waals surface area (Å²) in [6.45, 7) is -0.424. The Morgan fingerprint density at radius 2 is 2.42 bits per heavy atom. The molecule has 0 aliphatic heterocycles. The Labute approximate surface area is 73.2 Å². The van der Waals surface area contributed by atoms with Crippen LogP contribution in [0.2, 0.25) is 0 Å². The van der Waals surface area contributed by atoms with Gasteiger partial charge in [0.2, 0.25) is 0 Å². The first-order valence-corrected chi connectivity index (χ1v) is 3.61. The van der Waals surface area contributed by atoms with E-state index in [2.05, 4.69) is 17.2 Å². The summed E-state index contributed by atoms with van der Waals surface area (Å²) in [5, 5.41) is 0. The van der Waals surface area contributed by atoms with Crippen LogP contribution in [0.3, 0.4) is 0 Å². The Bertz CT molecular complexity index is 284. The normalized spacial score (nSPS) is 10.6. The summed E-state index contributed by atoms with van der Waals surface area (Å²) in [6, 6.07) is 0. The molecule has 0 amide bonds. The first-order chi connectivity index (χ1) is 5.61. The van der Waals surface area contributed by atoms with Crippen molar-refractivity contribution < 1.29 is 8.78 Å². The number of hydrogen-bond acceptors (Lipinski definition) is 2. The van der Waals surface area contributed by atoms with Crippen LogP contribution in [0.4, 0.5) is 8.78 Å². The smallest absolute Gasteiger partial charge is 0.256 e. The number of hydrogen-bond donors (Lipinski definition) is 1. The molecule has 0 spiro atoms. The largest absolute Gasteiger partial charge is 0.387 e. The van der Waals surface area contributed by atoms with E-state index >= 15 is 0 Å². The molecule has 0 fully saturated rings. The van der Waals surface area contributed by atoms with E-state index in [0.29, 0.717) is 0 Å². The summed E-state index contributed by atoms with van der Waals surface area (Å²) >= 11 is 4.61. The Morgan fingerprint density at radius 1 is 1.75 bits per heavy atom. The van der Waals surface area contributed by atoms with E-state index in [0.717, 1.165) is 0 Å². The minimum absolute atomic E-state index is 0.0284. The van der Waals surface area contributed by atoms with E-state index < -0.39 is 13.0 Å². The van der Waals surface area contributed by atoms with Gasteiger partial charge in [-0.3, -0.25) is 0 Å². The second kappa shape index (κ2) is 3.57. The second-order valence-corrected chi connectivity index (χ2v) is 2.60. The maximum Gasteiger partial charge on any atom is 0.256 e. The van der Waals surface area contributed by atoms with Crippen LogP contribution in [0, 0.1) is 0 Å². The van der Waals surface area contributed by atoms with Crippen molar-refractivity contribution in [2.45, 2.75) is 13.0 Å². The zero-order valence-electron chi connectivity index (χ0n) is 6.08. The number of rotatable bonds is 3. The van der Waals surface area contributed by atoms with Gasteiger partial charge in [-0.2, -0.15) is 0 Å². The molecular formula is C6H7F2N3S. The number of aromatic nitrogens is 2. The maximum absolute atomic E-state index is 11.9. The molecule has 66 valence electrons. The van der Waals surface area contributed by atoms with Gasteiger partial charge in [-0.1, -0.05) is 12.2 Å². The molecule has 0 bridgehead atoms. The average molecular weight is 191 g/mol. The minimum atomic E-state index is -2.42. The lowest BCUT2D eigenvalue weighted by Gasteiger charge is -2.04. The van der Waals surface area contributed by atoms with Crippen molar-refractivity contribution in [2.75, 3.05) is 0 Å². The van der Waals surface area contributed by atoms with Gasteiger partial charge in [-0.25, -0.2) is 13.8 Å². The zero-order valence-corrected chi connectivity index (χ0v) is 6.89. The van der Waals surface area contributed by atoms with E-state index in [1.54, 1.807) is 0 Å². The van der Waals surface area contributed by atoms with Crippen molar-refractivity contribution >= 4 is 17.2 Å². The molecule has 0 aliphatic carbocycles. The molecule has 1 aromatic rings. The minimum Gasteiger partial charge on any atom is -0.387 e. The van der Waals surface area contributed by atoms with E-state index in [1.807, 2.05) is 0 Å². The van der Waals surface area contributed by atoms with Gasteiger partial charge in [0.15, 0.2) is 5.82 Å². The number of thiocarbonyl (C=S) groups is 1. The predicted octanol–water partition coefficient (Wildman–Crippen LogP) is 0.782. The Hall–Kier alpha value is -1.04. The molecule has 1 heterocycles. The highest BCUT2D eigenvalue weighted by molar-refractivity contribution is 7.80. The topological polar surface area (TPSA) is 43.8 Å². The van der Waals surface area contributed by atoms with Crippen LogP contribution in [0.15, 0.2) is 12.4 Å². The molecular weight excluding hydrogens is 184 g/mol. The standard InChI is InChI=1S/C6H7F2N3S/c7-4(8)3-11-2-1-10-6(11)5(9)12/h1-2,4H,3H2,(H2,9,12). The highest BCUT2D eigenvalue weighted by Gasteiger charge is 2.09. The SMILES string of the molecule is NC(=S)c1nccn1CC(F)F. The summed E-state index contributed by atoms with van der Waals surface area (Å²) in [4.78, 5) is 3.76. The Kier molecular flexibility index (Phi) is 2.69. The number of alkyl halides is 2. The van der Waals surface area contributed by atoms with Crippen LogP contribution < -0.4 is 5.73 Å². The highest BCUT2D eigenvalue weighted by atomic mass is 32.1. The van der Waals surface area contributed by atoms with Gasteiger partial charge >= 0.3 is 0 Å². The lowest BCUT2D eigenvalue weighted by molar-refractivity contribution is 0.126. The number of halogens is 2. The molecule has 6 heteroatoms. The van der Waals surface area contributed by atoms with Crippen LogP contribution in [-0.4, -0.2) is 21.0 Å². The molecule has 0 aliphatic rings. The van der Waals surface area contributed by atoms with Crippen molar-refractivity contribution in [3.8, 4) is 0 Å². The van der Waals surface area contributed by atoms with Crippen molar-refractivity contribution in [1.29, 1.82) is 0 Å². The van der Waals surface area contributed by atoms with Gasteiger partial charge in [-0.05, 0) is 0 Å². The maximum atomic E-state index is 11.9. The van der Waals surface area contributed by atoms with E-state index in [9.17, 15) is 8.78 Å². The highest BCUT2D eigenvalue weighted by Crippen LogP contribution is 2.02. The summed E-state index contributed by atoms with van der Waals surface area (Å²) in [7, 11) is 0. The second-order valence-electron chi connectivity index (χ2n) is 2.16. The van der Waals surface area contributed by atoms with E-state index in [4.69, 9.17) is 5.73 Å². The molecule has 0 unspecified atom stereocenters. The number of nitrogens with zero attached hydrogens (tertiary/aromatic N) is 2. The lowest BCUT2D eigenvalue weighted by atomic mass is 10.5. The van der Waals surface area contributed by atoms with Crippen LogP contribution in [0.25, 0.3) is 0 Å². The van der Waals surface area contributed by atoms with Crippen molar-refractivity contribution in [2.24, 2.45) is 5.73 Å². The molecule has 1 aromatic heterocycles. The lowest BCUT2D eigenvalue weighted by Crippen LogP contribution is -2.19. The summed E-state index contributed by atoms with van der Waals surface area (Å²) in [5.41, 5.74) is 5.24. The zero-order chi connectivity index (χ0) is 9.14. The van der Waals surface area contributed by atoms with Crippen LogP contribution in [0.5, 0.6) is 0 Å². The summed E-state index contributed by atoms with van der Waals surface area (Å²) in [5.74, 6) is 0.227. The van der Waals surface area contributed by atoms with Crippen molar-refractivity contribution in [3.63, 3.8) is 0 Å². The Morgan fingerprint density at radius 3 is 2.92 bits per heavy atom. The average Bonchev–Trinajstić information content (AvgIpc) is 2.33. The van der Waals surface area contributed by atoms with Crippen molar-refractivity contribution in [3.05, 3.63) is 18.2 Å². The van der Waals surface area contributed by atoms with E-state index in [-0.39, 0.29) is 10.8 Å². The van der Waals surface area contributed by atoms with Gasteiger partial charge in [0, 0.05) is 12.4 Å². The Balaban J connectivity index is 2.84. The number of imidazole rings is 1. The molecule has 2 N–H and O–H groups in total. The van der Waals surface area contributed by atoms with Gasteiger partial charge in [-0.15, -0.1) is 0 Å². The molecule has 0 saturated carbocycles. The van der Waals surface area contributed by atoms with Crippen molar-refractivity contribution in [1.82, 2.24) is 9.55 Å². The van der Waals surface area contributed by atoms with E-state index in [1.165, 1.54) is 17.0 Å². The molecule has 0 aromatic carbocycles. The molecule has 0 radical (unpaired) electrons. The fourth-order valence-electron chi connectivity index (χ4n) is 0.830. The first-order valence-electron chi connectivity index (χ1n) is 3.20. The fourth-order valence-corrected chi connectivity index (χ4v) is 1.00. The van der Waals surface area contributed by atoms with Gasteiger partial charge in [0.25, 0.3) is 6.43 Å². The summed E-state index contributed by atoms with van der Waals surface area (Å²) < 4.78 is 25.0. The molecule has 3 nitrogen and oxygen atoms in total. The monoisotopic (exact) mass is 191 g/mol. The predicted molar refractivity (Wildman–Crippen MR) is 44.1 cm³/mol.